The average Bonchev–Trinajstić information content (AvgIpc) is 3.00. The van der Waals surface area contributed by atoms with Crippen LogP contribution >= 0.6 is 0 Å². The summed E-state index contributed by atoms with van der Waals surface area (Å²) in [5, 5.41) is 3.11. The Morgan fingerprint density at radius 2 is 2.20 bits per heavy atom. The second-order valence-corrected chi connectivity index (χ2v) is 5.16. The average molecular weight is 212 g/mol. The normalized spacial score (nSPS) is 21.9. The number of amides is 1. The molecule has 3 nitrogen and oxygen atoms in total. The van der Waals surface area contributed by atoms with E-state index in [0.29, 0.717) is 24.8 Å². The first-order valence-electron chi connectivity index (χ1n) is 6.03. The van der Waals surface area contributed by atoms with E-state index in [-0.39, 0.29) is 11.4 Å². The molecule has 0 spiro atoms. The number of nitrogens with one attached hydrogen (secondary N) is 1. The topological polar surface area (TPSA) is 55.1 Å². The van der Waals surface area contributed by atoms with Gasteiger partial charge in [0.1, 0.15) is 0 Å². The van der Waals surface area contributed by atoms with Crippen LogP contribution in [0, 0.1) is 11.8 Å². The molecule has 0 aromatic rings. The van der Waals surface area contributed by atoms with Crippen LogP contribution in [0.2, 0.25) is 0 Å². The molecule has 1 aliphatic carbocycles. The Morgan fingerprint density at radius 1 is 1.60 bits per heavy atom. The van der Waals surface area contributed by atoms with Crippen molar-refractivity contribution in [1.82, 2.24) is 5.32 Å². The van der Waals surface area contributed by atoms with Crippen molar-refractivity contribution >= 4 is 5.91 Å². The van der Waals surface area contributed by atoms with Gasteiger partial charge in [0.25, 0.3) is 0 Å². The van der Waals surface area contributed by atoms with E-state index in [9.17, 15) is 4.79 Å². The van der Waals surface area contributed by atoms with E-state index < -0.39 is 0 Å². The summed E-state index contributed by atoms with van der Waals surface area (Å²) in [7, 11) is 0. The van der Waals surface area contributed by atoms with Gasteiger partial charge in [0.05, 0.1) is 5.54 Å². The third-order valence-electron chi connectivity index (χ3n) is 3.56. The van der Waals surface area contributed by atoms with Gasteiger partial charge in [-0.25, -0.2) is 0 Å². The van der Waals surface area contributed by atoms with Crippen LogP contribution in [0.3, 0.4) is 0 Å². The highest BCUT2D eigenvalue weighted by Crippen LogP contribution is 2.39. The number of rotatable bonds is 6. The first-order valence-corrected chi connectivity index (χ1v) is 6.03. The fraction of sp³-hybridized carbons (Fsp3) is 0.917. The Bertz CT molecular complexity index is 226. The molecular weight excluding hydrogens is 188 g/mol. The Kier molecular flexibility index (Phi) is 4.14. The van der Waals surface area contributed by atoms with Crippen molar-refractivity contribution < 1.29 is 4.79 Å². The Hall–Kier alpha value is -0.570. The minimum absolute atomic E-state index is 0.157. The number of hydrogen-bond acceptors (Lipinski definition) is 2. The van der Waals surface area contributed by atoms with Crippen molar-refractivity contribution in [3.05, 3.63) is 0 Å². The van der Waals surface area contributed by atoms with Gasteiger partial charge in [-0.1, -0.05) is 20.3 Å². The van der Waals surface area contributed by atoms with Crippen LogP contribution in [-0.2, 0) is 4.79 Å². The summed E-state index contributed by atoms with van der Waals surface area (Å²) in [6.07, 6.45) is 4.09. The minimum atomic E-state index is -0.162. The summed E-state index contributed by atoms with van der Waals surface area (Å²) in [4.78, 5) is 11.8. The molecular formula is C12H24N2O. The second-order valence-electron chi connectivity index (χ2n) is 5.16. The van der Waals surface area contributed by atoms with Gasteiger partial charge < -0.3 is 11.1 Å². The van der Waals surface area contributed by atoms with Crippen molar-refractivity contribution in [2.24, 2.45) is 17.6 Å². The molecule has 1 aliphatic rings. The van der Waals surface area contributed by atoms with Crippen molar-refractivity contribution in [3.63, 3.8) is 0 Å². The van der Waals surface area contributed by atoms with Crippen LogP contribution in [0.15, 0.2) is 0 Å². The van der Waals surface area contributed by atoms with Gasteiger partial charge in [-0.3, -0.25) is 4.79 Å². The molecule has 1 fully saturated rings. The van der Waals surface area contributed by atoms with Crippen LogP contribution in [0.4, 0.5) is 0 Å². The molecule has 1 amide bonds. The van der Waals surface area contributed by atoms with E-state index in [1.165, 1.54) is 12.8 Å². The molecule has 0 aromatic carbocycles. The summed E-state index contributed by atoms with van der Waals surface area (Å²) in [5.74, 6) is 1.22. The van der Waals surface area contributed by atoms with Crippen LogP contribution < -0.4 is 11.1 Å². The first kappa shape index (κ1) is 12.5. The summed E-state index contributed by atoms with van der Waals surface area (Å²) >= 11 is 0. The molecule has 0 aromatic heterocycles. The molecule has 2 unspecified atom stereocenters. The molecule has 0 aliphatic heterocycles. The van der Waals surface area contributed by atoms with Gasteiger partial charge in [0.15, 0.2) is 0 Å². The molecule has 88 valence electrons. The van der Waals surface area contributed by atoms with E-state index in [4.69, 9.17) is 5.73 Å². The Morgan fingerprint density at radius 3 is 2.60 bits per heavy atom. The zero-order valence-electron chi connectivity index (χ0n) is 10.2. The molecule has 0 saturated heterocycles. The lowest BCUT2D eigenvalue weighted by Crippen LogP contribution is -2.53. The van der Waals surface area contributed by atoms with E-state index in [1.54, 1.807) is 0 Å². The second kappa shape index (κ2) is 4.97. The Labute approximate surface area is 92.8 Å². The zero-order chi connectivity index (χ0) is 11.5. The fourth-order valence-electron chi connectivity index (χ4n) is 1.87. The van der Waals surface area contributed by atoms with E-state index >= 15 is 0 Å². The number of carbonyl (C=O) groups is 1. The maximum absolute atomic E-state index is 11.8. The lowest BCUT2D eigenvalue weighted by molar-refractivity contribution is -0.123. The maximum Gasteiger partial charge on any atom is 0.220 e. The Balaban J connectivity index is 2.41. The van der Waals surface area contributed by atoms with Crippen molar-refractivity contribution in [1.29, 1.82) is 0 Å². The molecule has 1 saturated carbocycles. The summed E-state index contributed by atoms with van der Waals surface area (Å²) in [6, 6.07) is 0. The van der Waals surface area contributed by atoms with Crippen molar-refractivity contribution in [3.8, 4) is 0 Å². The summed E-state index contributed by atoms with van der Waals surface area (Å²) in [6.45, 7) is 6.83. The SMILES string of the molecule is CCC(C)CC(=O)NC(C)(CN)C1CC1. The van der Waals surface area contributed by atoms with Gasteiger partial charge >= 0.3 is 0 Å². The highest BCUT2D eigenvalue weighted by molar-refractivity contribution is 5.77. The number of nitrogens with two attached hydrogens (primary N) is 1. The van der Waals surface area contributed by atoms with Crippen LogP contribution in [0.25, 0.3) is 0 Å². The molecule has 1 rings (SSSR count). The lowest BCUT2D eigenvalue weighted by atomic mass is 9.95. The molecule has 0 radical (unpaired) electrons. The first-order chi connectivity index (χ1) is 7.01. The molecule has 3 N–H and O–H groups in total. The van der Waals surface area contributed by atoms with Gasteiger partial charge in [-0.2, -0.15) is 0 Å². The summed E-state index contributed by atoms with van der Waals surface area (Å²) in [5.41, 5.74) is 5.58. The number of carbonyl (C=O) groups excluding carboxylic acids is 1. The molecule has 0 bridgehead atoms. The van der Waals surface area contributed by atoms with E-state index in [1.807, 2.05) is 0 Å². The zero-order valence-corrected chi connectivity index (χ0v) is 10.2. The summed E-state index contributed by atoms with van der Waals surface area (Å²) < 4.78 is 0. The fourth-order valence-corrected chi connectivity index (χ4v) is 1.87. The quantitative estimate of drug-likeness (QED) is 0.703. The number of hydrogen-bond donors (Lipinski definition) is 2. The largest absolute Gasteiger partial charge is 0.349 e. The highest BCUT2D eigenvalue weighted by atomic mass is 16.1. The van der Waals surface area contributed by atoms with Crippen molar-refractivity contribution in [2.45, 2.75) is 52.0 Å². The van der Waals surface area contributed by atoms with Gasteiger partial charge in [-0.15, -0.1) is 0 Å². The molecule has 2 atom stereocenters. The van der Waals surface area contributed by atoms with E-state index in [0.717, 1.165) is 6.42 Å². The van der Waals surface area contributed by atoms with Gasteiger partial charge in [0, 0.05) is 13.0 Å². The standard InChI is InChI=1S/C12H24N2O/c1-4-9(2)7-11(15)14-12(3,8-13)10-5-6-10/h9-10H,4-8,13H2,1-3H3,(H,14,15). The smallest absolute Gasteiger partial charge is 0.220 e. The third kappa shape index (κ3) is 3.49. The maximum atomic E-state index is 11.8. The predicted octanol–water partition coefficient (Wildman–Crippen LogP) is 1.67. The van der Waals surface area contributed by atoms with Crippen LogP contribution in [0.5, 0.6) is 0 Å². The minimum Gasteiger partial charge on any atom is -0.349 e. The van der Waals surface area contributed by atoms with Crippen LogP contribution in [-0.4, -0.2) is 18.0 Å². The molecule has 3 heteroatoms. The molecule has 15 heavy (non-hydrogen) atoms. The lowest BCUT2D eigenvalue weighted by Gasteiger charge is -2.30. The predicted molar refractivity (Wildman–Crippen MR) is 62.4 cm³/mol. The van der Waals surface area contributed by atoms with Crippen molar-refractivity contribution in [2.75, 3.05) is 6.54 Å². The highest BCUT2D eigenvalue weighted by Gasteiger charge is 2.41. The van der Waals surface area contributed by atoms with E-state index in [2.05, 4.69) is 26.1 Å². The van der Waals surface area contributed by atoms with Crippen LogP contribution in [0.1, 0.15) is 46.5 Å². The molecule has 0 heterocycles. The third-order valence-corrected chi connectivity index (χ3v) is 3.56. The monoisotopic (exact) mass is 212 g/mol. The van der Waals surface area contributed by atoms with Gasteiger partial charge in [-0.05, 0) is 31.6 Å². The van der Waals surface area contributed by atoms with Gasteiger partial charge in [0.2, 0.25) is 5.91 Å².